The van der Waals surface area contributed by atoms with Crippen molar-refractivity contribution < 1.29 is 8.42 Å². The molecule has 0 aliphatic rings. The summed E-state index contributed by atoms with van der Waals surface area (Å²) in [7, 11) is -3.63. The maximum atomic E-state index is 12.2. The van der Waals surface area contributed by atoms with Crippen molar-refractivity contribution in [1.82, 2.24) is 19.9 Å². The maximum absolute atomic E-state index is 12.2. The van der Waals surface area contributed by atoms with Gasteiger partial charge < -0.3 is 10.6 Å². The minimum atomic E-state index is -3.63. The van der Waals surface area contributed by atoms with Crippen LogP contribution in [0.5, 0.6) is 0 Å². The van der Waals surface area contributed by atoms with Gasteiger partial charge in [-0.1, -0.05) is 0 Å². The molecule has 0 amide bonds. The predicted octanol–water partition coefficient (Wildman–Crippen LogP) is 1.88. The molecular formula is C18H17N7O2S. The molecule has 9 nitrogen and oxygen atoms in total. The molecule has 1 aromatic carbocycles. The number of aromatic nitrogens is 3. The Morgan fingerprint density at radius 3 is 2.21 bits per heavy atom. The monoisotopic (exact) mass is 395 g/mol. The summed E-state index contributed by atoms with van der Waals surface area (Å²) < 4.78 is 26.9. The third kappa shape index (κ3) is 5.23. The van der Waals surface area contributed by atoms with Gasteiger partial charge in [-0.25, -0.2) is 13.1 Å². The zero-order valence-corrected chi connectivity index (χ0v) is 15.5. The van der Waals surface area contributed by atoms with Crippen LogP contribution in [0.4, 0.5) is 17.3 Å². The number of hydrogen-bond donors (Lipinski definition) is 3. The highest BCUT2D eigenvalue weighted by molar-refractivity contribution is 7.89. The van der Waals surface area contributed by atoms with Crippen LogP contribution < -0.4 is 15.4 Å². The van der Waals surface area contributed by atoms with Crippen LogP contribution in [0.25, 0.3) is 0 Å². The number of rotatable bonds is 8. The Bertz CT molecular complexity index is 1050. The summed E-state index contributed by atoms with van der Waals surface area (Å²) in [6, 6.07) is 14.8. The fraction of sp³-hybridized carbons (Fsp3) is 0.111. The van der Waals surface area contributed by atoms with Crippen LogP contribution >= 0.6 is 0 Å². The van der Waals surface area contributed by atoms with Crippen LogP contribution in [-0.2, 0) is 10.0 Å². The molecule has 0 radical (unpaired) electrons. The molecule has 2 aromatic heterocycles. The third-order valence-corrected chi connectivity index (χ3v) is 5.11. The molecule has 0 atom stereocenters. The van der Waals surface area contributed by atoms with Gasteiger partial charge in [0.2, 0.25) is 10.0 Å². The van der Waals surface area contributed by atoms with E-state index in [1.807, 2.05) is 18.2 Å². The van der Waals surface area contributed by atoms with Crippen LogP contribution in [-0.4, -0.2) is 36.7 Å². The van der Waals surface area contributed by atoms with E-state index in [1.54, 1.807) is 24.5 Å². The van der Waals surface area contributed by atoms with Gasteiger partial charge in [0.15, 0.2) is 5.82 Å². The summed E-state index contributed by atoms with van der Waals surface area (Å²) in [6.45, 7) is 0.502. The molecule has 3 rings (SSSR count). The lowest BCUT2D eigenvalue weighted by Gasteiger charge is -2.09. The standard InChI is InChI=1S/C18H17N7O2S/c19-13-14-1-3-16(4-2-14)28(26,27)22-12-11-21-17-5-6-18(25-24-17)23-15-7-9-20-10-8-15/h1-10,22H,11-12H2,(H,21,24)(H,20,23,25). The second-order valence-electron chi connectivity index (χ2n) is 5.63. The summed E-state index contributed by atoms with van der Waals surface area (Å²) in [5, 5.41) is 22.9. The highest BCUT2D eigenvalue weighted by Gasteiger charge is 2.12. The van der Waals surface area contributed by atoms with E-state index in [4.69, 9.17) is 5.26 Å². The average molecular weight is 395 g/mol. The number of nitrogens with one attached hydrogen (secondary N) is 3. The van der Waals surface area contributed by atoms with Gasteiger partial charge in [-0.3, -0.25) is 4.98 Å². The molecular weight excluding hydrogens is 378 g/mol. The molecule has 0 bridgehead atoms. The van der Waals surface area contributed by atoms with E-state index < -0.39 is 10.0 Å². The van der Waals surface area contributed by atoms with Crippen LogP contribution in [0.15, 0.2) is 65.8 Å². The first-order valence-corrected chi connectivity index (χ1v) is 9.80. The van der Waals surface area contributed by atoms with E-state index in [-0.39, 0.29) is 11.4 Å². The van der Waals surface area contributed by atoms with E-state index in [0.717, 1.165) is 5.69 Å². The number of hydrogen-bond acceptors (Lipinski definition) is 8. The zero-order chi connectivity index (χ0) is 19.8. The average Bonchev–Trinajstić information content (AvgIpc) is 2.73. The van der Waals surface area contributed by atoms with E-state index in [9.17, 15) is 8.42 Å². The highest BCUT2D eigenvalue weighted by Crippen LogP contribution is 2.13. The zero-order valence-electron chi connectivity index (χ0n) is 14.7. The molecule has 142 valence electrons. The van der Waals surface area contributed by atoms with Crippen molar-refractivity contribution in [2.45, 2.75) is 4.90 Å². The van der Waals surface area contributed by atoms with Crippen molar-refractivity contribution in [3.8, 4) is 6.07 Å². The van der Waals surface area contributed by atoms with Gasteiger partial charge in [0, 0.05) is 31.2 Å². The van der Waals surface area contributed by atoms with E-state index in [0.29, 0.717) is 23.7 Å². The van der Waals surface area contributed by atoms with Gasteiger partial charge in [-0.2, -0.15) is 5.26 Å². The van der Waals surface area contributed by atoms with Gasteiger partial charge >= 0.3 is 0 Å². The Morgan fingerprint density at radius 1 is 0.893 bits per heavy atom. The second kappa shape index (κ2) is 8.90. The molecule has 0 saturated carbocycles. The fourth-order valence-electron chi connectivity index (χ4n) is 2.24. The Morgan fingerprint density at radius 2 is 1.57 bits per heavy atom. The second-order valence-corrected chi connectivity index (χ2v) is 7.39. The lowest BCUT2D eigenvalue weighted by Crippen LogP contribution is -2.29. The predicted molar refractivity (Wildman–Crippen MR) is 104 cm³/mol. The molecule has 0 fully saturated rings. The molecule has 28 heavy (non-hydrogen) atoms. The topological polar surface area (TPSA) is 133 Å². The normalized spacial score (nSPS) is 10.8. The Labute approximate surface area is 162 Å². The van der Waals surface area contributed by atoms with Crippen molar-refractivity contribution in [2.24, 2.45) is 0 Å². The van der Waals surface area contributed by atoms with Gasteiger partial charge in [-0.15, -0.1) is 10.2 Å². The van der Waals surface area contributed by atoms with Gasteiger partial charge in [-0.05, 0) is 48.5 Å². The molecule has 0 saturated heterocycles. The first-order chi connectivity index (χ1) is 13.6. The van der Waals surface area contributed by atoms with Crippen molar-refractivity contribution in [3.63, 3.8) is 0 Å². The summed E-state index contributed by atoms with van der Waals surface area (Å²) >= 11 is 0. The van der Waals surface area contributed by atoms with E-state index >= 15 is 0 Å². The van der Waals surface area contributed by atoms with Crippen molar-refractivity contribution in [2.75, 3.05) is 23.7 Å². The number of benzene rings is 1. The number of nitrogens with zero attached hydrogens (tertiary/aromatic N) is 4. The third-order valence-electron chi connectivity index (χ3n) is 3.63. The number of pyridine rings is 1. The first kappa shape index (κ1) is 19.2. The molecule has 3 aromatic rings. The van der Waals surface area contributed by atoms with Crippen molar-refractivity contribution >= 4 is 27.3 Å². The van der Waals surface area contributed by atoms with E-state index in [2.05, 4.69) is 30.5 Å². The quantitative estimate of drug-likeness (QED) is 0.492. The van der Waals surface area contributed by atoms with Crippen LogP contribution in [0.3, 0.4) is 0 Å². The molecule has 0 aliphatic heterocycles. The number of anilines is 3. The summed E-state index contributed by atoms with van der Waals surface area (Å²) in [5.41, 5.74) is 1.25. The fourth-order valence-corrected chi connectivity index (χ4v) is 3.28. The Kier molecular flexibility index (Phi) is 6.11. The van der Waals surface area contributed by atoms with Gasteiger partial charge in [0.1, 0.15) is 5.82 Å². The van der Waals surface area contributed by atoms with Gasteiger partial charge in [0.05, 0.1) is 16.5 Å². The molecule has 10 heteroatoms. The summed E-state index contributed by atoms with van der Waals surface area (Å²) in [4.78, 5) is 4.05. The molecule has 0 spiro atoms. The summed E-state index contributed by atoms with van der Waals surface area (Å²) in [5.74, 6) is 1.11. The number of nitriles is 1. The van der Waals surface area contributed by atoms with Crippen LogP contribution in [0, 0.1) is 11.3 Å². The Hall–Kier alpha value is -3.55. The molecule has 0 aliphatic carbocycles. The molecule has 0 unspecified atom stereocenters. The van der Waals surface area contributed by atoms with E-state index in [1.165, 1.54) is 24.3 Å². The van der Waals surface area contributed by atoms with Gasteiger partial charge in [0.25, 0.3) is 0 Å². The largest absolute Gasteiger partial charge is 0.367 e. The SMILES string of the molecule is N#Cc1ccc(S(=O)(=O)NCCNc2ccc(Nc3ccncc3)nn2)cc1. The number of sulfonamides is 1. The first-order valence-electron chi connectivity index (χ1n) is 8.31. The van der Waals surface area contributed by atoms with Crippen LogP contribution in [0.2, 0.25) is 0 Å². The lowest BCUT2D eigenvalue weighted by molar-refractivity contribution is 0.583. The molecule has 2 heterocycles. The summed E-state index contributed by atoms with van der Waals surface area (Å²) in [6.07, 6.45) is 3.34. The Balaban J connectivity index is 1.47. The molecule has 3 N–H and O–H groups in total. The van der Waals surface area contributed by atoms with Crippen molar-refractivity contribution in [1.29, 1.82) is 5.26 Å². The minimum absolute atomic E-state index is 0.109. The smallest absolute Gasteiger partial charge is 0.240 e. The highest BCUT2D eigenvalue weighted by atomic mass is 32.2. The maximum Gasteiger partial charge on any atom is 0.240 e. The minimum Gasteiger partial charge on any atom is -0.367 e. The van der Waals surface area contributed by atoms with Crippen LogP contribution in [0.1, 0.15) is 5.56 Å². The van der Waals surface area contributed by atoms with Crippen molar-refractivity contribution in [3.05, 3.63) is 66.5 Å². The lowest BCUT2D eigenvalue weighted by atomic mass is 10.2.